The van der Waals surface area contributed by atoms with Crippen molar-refractivity contribution in [3.05, 3.63) is 65.7 Å². The van der Waals surface area contributed by atoms with Crippen molar-refractivity contribution in [1.29, 1.82) is 0 Å². The van der Waals surface area contributed by atoms with E-state index in [1.807, 2.05) is 51.1 Å². The molecule has 3 rings (SSSR count). The molecule has 1 N–H and O–H groups in total. The summed E-state index contributed by atoms with van der Waals surface area (Å²) < 4.78 is 38.8. The van der Waals surface area contributed by atoms with Gasteiger partial charge >= 0.3 is 12.3 Å². The van der Waals surface area contributed by atoms with Crippen LogP contribution in [0.25, 0.3) is 0 Å². The van der Waals surface area contributed by atoms with Crippen molar-refractivity contribution in [2.45, 2.75) is 58.4 Å². The Balaban J connectivity index is 1.89. The van der Waals surface area contributed by atoms with Crippen molar-refractivity contribution < 1.29 is 23.1 Å². The average Bonchev–Trinajstić information content (AvgIpc) is 2.71. The lowest BCUT2D eigenvalue weighted by Gasteiger charge is -2.48. The number of likely N-dealkylation sites (tertiary alicyclic amines) is 1. The SMILES string of the molecule is CC(C)(C)C1CC(N(Cc2ccc(C(F)(F)F)cc2)c2ccccc2)CCN1C(=O)O. The second kappa shape index (κ2) is 8.81. The number of para-hydroxylation sites is 1. The lowest BCUT2D eigenvalue weighted by atomic mass is 9.78. The normalized spacial score (nSPS) is 19.9. The van der Waals surface area contributed by atoms with Gasteiger partial charge in [-0.1, -0.05) is 51.1 Å². The molecule has 0 spiro atoms. The number of amides is 1. The minimum atomic E-state index is -4.36. The molecule has 2 atom stereocenters. The van der Waals surface area contributed by atoms with Gasteiger partial charge in [0.05, 0.1) is 5.56 Å². The molecule has 2 aromatic carbocycles. The fourth-order valence-electron chi connectivity index (χ4n) is 4.33. The van der Waals surface area contributed by atoms with Gasteiger partial charge in [0.15, 0.2) is 0 Å². The van der Waals surface area contributed by atoms with Crippen molar-refractivity contribution in [2.75, 3.05) is 11.4 Å². The van der Waals surface area contributed by atoms with E-state index < -0.39 is 17.8 Å². The first-order valence-corrected chi connectivity index (χ1v) is 10.4. The summed E-state index contributed by atoms with van der Waals surface area (Å²) in [5, 5.41) is 9.66. The molecule has 1 fully saturated rings. The smallest absolute Gasteiger partial charge is 0.416 e. The molecule has 0 radical (unpaired) electrons. The Labute approximate surface area is 181 Å². The van der Waals surface area contributed by atoms with Crippen LogP contribution in [-0.2, 0) is 12.7 Å². The first-order chi connectivity index (χ1) is 14.5. The van der Waals surface area contributed by atoms with Gasteiger partial charge in [-0.05, 0) is 48.1 Å². The minimum absolute atomic E-state index is 0.0736. The molecule has 0 bridgehead atoms. The number of nitrogens with zero attached hydrogens (tertiary/aromatic N) is 2. The molecule has 1 heterocycles. The Morgan fingerprint density at radius 1 is 1.06 bits per heavy atom. The number of hydrogen-bond acceptors (Lipinski definition) is 2. The van der Waals surface area contributed by atoms with E-state index in [0.29, 0.717) is 25.9 Å². The maximum Gasteiger partial charge on any atom is 0.416 e. The first kappa shape index (κ1) is 23.0. The number of halogens is 3. The zero-order valence-electron chi connectivity index (χ0n) is 18.1. The Kier molecular flexibility index (Phi) is 6.53. The second-order valence-electron chi connectivity index (χ2n) is 9.19. The van der Waals surface area contributed by atoms with Gasteiger partial charge < -0.3 is 14.9 Å². The van der Waals surface area contributed by atoms with Gasteiger partial charge in [0, 0.05) is 30.9 Å². The molecule has 1 aliphatic heterocycles. The van der Waals surface area contributed by atoms with E-state index in [1.165, 1.54) is 17.0 Å². The van der Waals surface area contributed by atoms with E-state index in [-0.39, 0.29) is 17.5 Å². The molecular formula is C24H29F3N2O2. The molecule has 1 amide bonds. The quantitative estimate of drug-likeness (QED) is 0.617. The largest absolute Gasteiger partial charge is 0.465 e. The van der Waals surface area contributed by atoms with E-state index >= 15 is 0 Å². The number of hydrogen-bond donors (Lipinski definition) is 1. The number of piperidine rings is 1. The molecule has 0 aliphatic carbocycles. The Bertz CT molecular complexity index is 876. The van der Waals surface area contributed by atoms with Crippen LogP contribution in [0.1, 0.15) is 44.7 Å². The minimum Gasteiger partial charge on any atom is -0.465 e. The summed E-state index contributed by atoms with van der Waals surface area (Å²) in [5.74, 6) is 0. The van der Waals surface area contributed by atoms with Gasteiger partial charge in [-0.3, -0.25) is 0 Å². The van der Waals surface area contributed by atoms with Crippen LogP contribution in [0.15, 0.2) is 54.6 Å². The maximum atomic E-state index is 12.9. The standard InChI is InChI=1S/C24H29F3N2O2/c1-23(2,3)21-15-20(13-14-28(21)22(30)31)29(19-7-5-4-6-8-19)16-17-9-11-18(12-10-17)24(25,26)27/h4-12,20-21H,13-16H2,1-3H3,(H,30,31). The molecule has 0 aromatic heterocycles. The Hall–Kier alpha value is -2.70. The van der Waals surface area contributed by atoms with E-state index in [9.17, 15) is 23.1 Å². The van der Waals surface area contributed by atoms with E-state index in [0.717, 1.165) is 23.4 Å². The van der Waals surface area contributed by atoms with Crippen LogP contribution >= 0.6 is 0 Å². The molecule has 7 heteroatoms. The van der Waals surface area contributed by atoms with Crippen LogP contribution in [-0.4, -0.2) is 34.7 Å². The number of carboxylic acid groups (broad SMARTS) is 1. The zero-order chi connectivity index (χ0) is 22.8. The third-order valence-electron chi connectivity index (χ3n) is 5.98. The van der Waals surface area contributed by atoms with Crippen LogP contribution in [0.5, 0.6) is 0 Å². The van der Waals surface area contributed by atoms with Crippen LogP contribution in [0.3, 0.4) is 0 Å². The first-order valence-electron chi connectivity index (χ1n) is 10.4. The number of rotatable bonds is 4. The molecule has 0 saturated carbocycles. The van der Waals surface area contributed by atoms with Gasteiger partial charge in [-0.25, -0.2) is 4.79 Å². The zero-order valence-corrected chi connectivity index (χ0v) is 18.1. The van der Waals surface area contributed by atoms with Gasteiger partial charge in [0.25, 0.3) is 0 Å². The van der Waals surface area contributed by atoms with Crippen LogP contribution < -0.4 is 4.90 Å². The lowest BCUT2D eigenvalue weighted by molar-refractivity contribution is -0.137. The number of alkyl halides is 3. The van der Waals surface area contributed by atoms with Crippen LogP contribution in [0, 0.1) is 5.41 Å². The molecule has 2 aromatic rings. The van der Waals surface area contributed by atoms with Crippen molar-refractivity contribution in [2.24, 2.45) is 5.41 Å². The monoisotopic (exact) mass is 434 g/mol. The number of anilines is 1. The molecule has 1 aliphatic rings. The maximum absolute atomic E-state index is 12.9. The summed E-state index contributed by atoms with van der Waals surface area (Å²) >= 11 is 0. The van der Waals surface area contributed by atoms with Gasteiger partial charge in [-0.2, -0.15) is 13.2 Å². The highest BCUT2D eigenvalue weighted by molar-refractivity contribution is 5.66. The molecule has 2 unspecified atom stereocenters. The van der Waals surface area contributed by atoms with E-state index in [4.69, 9.17) is 0 Å². The molecule has 4 nitrogen and oxygen atoms in total. The highest BCUT2D eigenvalue weighted by Crippen LogP contribution is 2.36. The summed E-state index contributed by atoms with van der Waals surface area (Å²) in [6.07, 6.45) is -3.95. The molecule has 1 saturated heterocycles. The molecule has 168 valence electrons. The fraction of sp³-hybridized carbons (Fsp3) is 0.458. The number of benzene rings is 2. The summed E-state index contributed by atoms with van der Waals surface area (Å²) in [5.41, 5.74) is 0.868. The summed E-state index contributed by atoms with van der Waals surface area (Å²) in [6.45, 7) is 7.01. The average molecular weight is 435 g/mol. The van der Waals surface area contributed by atoms with E-state index in [1.54, 1.807) is 0 Å². The molecular weight excluding hydrogens is 405 g/mol. The molecule has 31 heavy (non-hydrogen) atoms. The third kappa shape index (κ3) is 5.51. The topological polar surface area (TPSA) is 43.8 Å². The van der Waals surface area contributed by atoms with E-state index in [2.05, 4.69) is 4.90 Å². The van der Waals surface area contributed by atoms with Gasteiger partial charge in [-0.15, -0.1) is 0 Å². The number of carbonyl (C=O) groups is 1. The fourth-order valence-corrected chi connectivity index (χ4v) is 4.33. The Morgan fingerprint density at radius 2 is 1.68 bits per heavy atom. The summed E-state index contributed by atoms with van der Waals surface area (Å²) in [7, 11) is 0. The second-order valence-corrected chi connectivity index (χ2v) is 9.19. The van der Waals surface area contributed by atoms with Gasteiger partial charge in [0.2, 0.25) is 0 Å². The Morgan fingerprint density at radius 3 is 2.19 bits per heavy atom. The van der Waals surface area contributed by atoms with Crippen molar-refractivity contribution in [1.82, 2.24) is 4.90 Å². The van der Waals surface area contributed by atoms with Crippen molar-refractivity contribution in [3.8, 4) is 0 Å². The summed E-state index contributed by atoms with van der Waals surface area (Å²) in [6, 6.07) is 15.0. The highest BCUT2D eigenvalue weighted by Gasteiger charge is 2.40. The highest BCUT2D eigenvalue weighted by atomic mass is 19.4. The summed E-state index contributed by atoms with van der Waals surface area (Å²) in [4.78, 5) is 15.5. The predicted molar refractivity (Wildman–Crippen MR) is 115 cm³/mol. The van der Waals surface area contributed by atoms with Crippen molar-refractivity contribution >= 4 is 11.8 Å². The van der Waals surface area contributed by atoms with Crippen LogP contribution in [0.4, 0.5) is 23.7 Å². The van der Waals surface area contributed by atoms with Crippen LogP contribution in [0.2, 0.25) is 0 Å². The lowest BCUT2D eigenvalue weighted by Crippen LogP contribution is -2.56. The third-order valence-corrected chi connectivity index (χ3v) is 5.98. The van der Waals surface area contributed by atoms with Gasteiger partial charge in [0.1, 0.15) is 0 Å². The predicted octanol–water partition coefficient (Wildman–Crippen LogP) is 6.27. The van der Waals surface area contributed by atoms with Crippen molar-refractivity contribution in [3.63, 3.8) is 0 Å².